The van der Waals surface area contributed by atoms with Crippen molar-refractivity contribution in [3.63, 3.8) is 0 Å². The molecule has 0 aliphatic heterocycles. The number of hydrogen-bond acceptors (Lipinski definition) is 5. The molecule has 2 fully saturated rings. The van der Waals surface area contributed by atoms with Crippen molar-refractivity contribution < 1.29 is 8.42 Å². The van der Waals surface area contributed by atoms with E-state index in [2.05, 4.69) is 15.1 Å². The van der Waals surface area contributed by atoms with E-state index in [9.17, 15) is 8.42 Å². The molecule has 3 rings (SSSR count). The highest BCUT2D eigenvalue weighted by Crippen LogP contribution is 2.44. The van der Waals surface area contributed by atoms with Crippen LogP contribution in [0.25, 0.3) is 0 Å². The lowest BCUT2D eigenvalue weighted by Gasteiger charge is -2.22. The van der Waals surface area contributed by atoms with Crippen molar-refractivity contribution >= 4 is 27.4 Å². The third kappa shape index (κ3) is 2.50. The lowest BCUT2D eigenvalue weighted by Crippen LogP contribution is -2.38. The van der Waals surface area contributed by atoms with Gasteiger partial charge >= 0.3 is 0 Å². The van der Waals surface area contributed by atoms with E-state index in [1.165, 1.54) is 18.7 Å². The number of sulfonamides is 1. The Morgan fingerprint density at radius 1 is 1.35 bits per heavy atom. The molecule has 1 heterocycles. The maximum absolute atomic E-state index is 12.4. The van der Waals surface area contributed by atoms with Gasteiger partial charge in [-0.3, -0.25) is 0 Å². The van der Waals surface area contributed by atoms with Crippen LogP contribution in [-0.4, -0.2) is 19.4 Å². The summed E-state index contributed by atoms with van der Waals surface area (Å²) in [5.74, 6) is 6.63. The fourth-order valence-corrected chi connectivity index (χ4v) is 4.90. The SMILES string of the molecule is NNc1ncc(S(=O)(=O)NC2CC3CCC2C3)cc1Cl. The molecule has 110 valence electrons. The molecule has 1 aromatic heterocycles. The van der Waals surface area contributed by atoms with Crippen molar-refractivity contribution in [2.75, 3.05) is 5.43 Å². The Morgan fingerprint density at radius 2 is 2.15 bits per heavy atom. The molecular weight excluding hydrogens is 300 g/mol. The summed E-state index contributed by atoms with van der Waals surface area (Å²) in [7, 11) is -3.58. The van der Waals surface area contributed by atoms with E-state index >= 15 is 0 Å². The largest absolute Gasteiger partial charge is 0.307 e. The van der Waals surface area contributed by atoms with Crippen LogP contribution < -0.4 is 16.0 Å². The minimum absolute atomic E-state index is 0.0461. The number of pyridine rings is 1. The maximum Gasteiger partial charge on any atom is 0.242 e. The van der Waals surface area contributed by atoms with Gasteiger partial charge in [-0.25, -0.2) is 24.0 Å². The first-order chi connectivity index (χ1) is 9.49. The molecule has 3 unspecified atom stereocenters. The molecule has 6 nitrogen and oxygen atoms in total. The Hall–Kier alpha value is -0.890. The van der Waals surface area contributed by atoms with Crippen LogP contribution in [0.2, 0.25) is 5.02 Å². The van der Waals surface area contributed by atoms with Crippen LogP contribution in [0.3, 0.4) is 0 Å². The van der Waals surface area contributed by atoms with E-state index in [-0.39, 0.29) is 21.8 Å². The summed E-state index contributed by atoms with van der Waals surface area (Å²) in [6.45, 7) is 0. The number of nitrogen functional groups attached to an aromatic ring is 1. The van der Waals surface area contributed by atoms with Crippen LogP contribution in [0, 0.1) is 11.8 Å². The number of fused-ring (bicyclic) bond motifs is 2. The molecule has 2 aliphatic rings. The van der Waals surface area contributed by atoms with Crippen molar-refractivity contribution in [1.82, 2.24) is 9.71 Å². The molecule has 2 saturated carbocycles. The molecule has 0 spiro atoms. The van der Waals surface area contributed by atoms with Gasteiger partial charge in [-0.15, -0.1) is 0 Å². The van der Waals surface area contributed by atoms with Crippen molar-refractivity contribution in [2.24, 2.45) is 17.7 Å². The molecule has 2 aliphatic carbocycles. The zero-order valence-corrected chi connectivity index (χ0v) is 12.4. The summed E-state index contributed by atoms with van der Waals surface area (Å²) in [5.41, 5.74) is 2.31. The number of halogens is 1. The number of nitrogens with one attached hydrogen (secondary N) is 2. The normalized spacial score (nSPS) is 28.8. The molecule has 4 N–H and O–H groups in total. The molecule has 20 heavy (non-hydrogen) atoms. The average Bonchev–Trinajstić information content (AvgIpc) is 3.00. The number of nitrogens with zero attached hydrogens (tertiary/aromatic N) is 1. The van der Waals surface area contributed by atoms with Crippen LogP contribution in [0.1, 0.15) is 25.7 Å². The lowest BCUT2D eigenvalue weighted by atomic mass is 9.96. The molecule has 0 amide bonds. The maximum atomic E-state index is 12.4. The molecule has 3 atom stereocenters. The zero-order chi connectivity index (χ0) is 14.3. The smallest absolute Gasteiger partial charge is 0.242 e. The van der Waals surface area contributed by atoms with Crippen molar-refractivity contribution in [1.29, 1.82) is 0 Å². The van der Waals surface area contributed by atoms with Crippen LogP contribution in [-0.2, 0) is 10.0 Å². The van der Waals surface area contributed by atoms with Gasteiger partial charge in [-0.1, -0.05) is 18.0 Å². The highest BCUT2D eigenvalue weighted by atomic mass is 35.5. The molecular formula is C12H17ClN4O2S. The van der Waals surface area contributed by atoms with E-state index in [0.717, 1.165) is 19.3 Å². The summed E-state index contributed by atoms with van der Waals surface area (Å²) in [6.07, 6.45) is 5.69. The summed E-state index contributed by atoms with van der Waals surface area (Å²) in [5, 5.41) is 0.184. The van der Waals surface area contributed by atoms with Gasteiger partial charge in [0.15, 0.2) is 5.82 Å². The number of aromatic nitrogens is 1. The van der Waals surface area contributed by atoms with E-state index < -0.39 is 10.0 Å². The first-order valence-corrected chi connectivity index (χ1v) is 8.50. The van der Waals surface area contributed by atoms with Gasteiger partial charge < -0.3 is 5.43 Å². The van der Waals surface area contributed by atoms with Gasteiger partial charge in [0.2, 0.25) is 10.0 Å². The molecule has 2 bridgehead atoms. The predicted molar refractivity (Wildman–Crippen MR) is 76.6 cm³/mol. The molecule has 1 aromatic rings. The van der Waals surface area contributed by atoms with Crippen molar-refractivity contribution in [2.45, 2.75) is 36.6 Å². The van der Waals surface area contributed by atoms with E-state index in [4.69, 9.17) is 17.4 Å². The standard InChI is InChI=1S/C12H17ClN4O2S/c13-10-5-9(6-15-12(10)16-14)20(18,19)17-11-4-7-1-2-8(11)3-7/h5-8,11,17H,1-4,14H2,(H,15,16). The van der Waals surface area contributed by atoms with Gasteiger partial charge in [0.05, 0.1) is 5.02 Å². The number of hydrogen-bond donors (Lipinski definition) is 3. The molecule has 8 heteroatoms. The monoisotopic (exact) mass is 316 g/mol. The van der Waals surface area contributed by atoms with E-state index in [0.29, 0.717) is 11.8 Å². The van der Waals surface area contributed by atoms with Crippen molar-refractivity contribution in [3.8, 4) is 0 Å². The van der Waals surface area contributed by atoms with Crippen LogP contribution in [0.5, 0.6) is 0 Å². The van der Waals surface area contributed by atoms with Gasteiger partial charge in [-0.2, -0.15) is 0 Å². The second kappa shape index (κ2) is 5.14. The number of rotatable bonds is 4. The Balaban J connectivity index is 1.79. The Morgan fingerprint density at radius 3 is 2.70 bits per heavy atom. The Labute approximate surface area is 123 Å². The highest BCUT2D eigenvalue weighted by Gasteiger charge is 2.41. The summed E-state index contributed by atoms with van der Waals surface area (Å²) in [4.78, 5) is 3.97. The topological polar surface area (TPSA) is 97.1 Å². The average molecular weight is 317 g/mol. The Kier molecular flexibility index (Phi) is 3.62. The van der Waals surface area contributed by atoms with Crippen LogP contribution in [0.4, 0.5) is 5.82 Å². The number of nitrogens with two attached hydrogens (primary N) is 1. The van der Waals surface area contributed by atoms with Crippen molar-refractivity contribution in [3.05, 3.63) is 17.3 Å². The second-order valence-electron chi connectivity index (χ2n) is 5.55. The third-order valence-corrected chi connectivity index (χ3v) is 6.05. The Bertz CT molecular complexity index is 622. The third-order valence-electron chi connectivity index (χ3n) is 4.31. The van der Waals surface area contributed by atoms with Gasteiger partial charge in [0.1, 0.15) is 4.90 Å². The minimum Gasteiger partial charge on any atom is -0.307 e. The van der Waals surface area contributed by atoms with Gasteiger partial charge in [0.25, 0.3) is 0 Å². The number of anilines is 1. The second-order valence-corrected chi connectivity index (χ2v) is 7.67. The zero-order valence-electron chi connectivity index (χ0n) is 10.8. The fourth-order valence-electron chi connectivity index (χ4n) is 3.33. The highest BCUT2D eigenvalue weighted by molar-refractivity contribution is 7.89. The predicted octanol–water partition coefficient (Wildman–Crippen LogP) is 1.49. The fraction of sp³-hybridized carbons (Fsp3) is 0.583. The summed E-state index contributed by atoms with van der Waals surface area (Å²) >= 11 is 5.92. The summed E-state index contributed by atoms with van der Waals surface area (Å²) < 4.78 is 27.5. The molecule has 0 radical (unpaired) electrons. The minimum atomic E-state index is -3.58. The first kappa shape index (κ1) is 14.1. The molecule has 0 saturated heterocycles. The van der Waals surface area contributed by atoms with Gasteiger partial charge in [-0.05, 0) is 37.2 Å². The van der Waals surface area contributed by atoms with Crippen LogP contribution >= 0.6 is 11.6 Å². The summed E-state index contributed by atoms with van der Waals surface area (Å²) in [6, 6.07) is 1.41. The quantitative estimate of drug-likeness (QED) is 0.577. The van der Waals surface area contributed by atoms with Gasteiger partial charge in [0, 0.05) is 12.2 Å². The lowest BCUT2D eigenvalue weighted by molar-refractivity contribution is 0.390. The van der Waals surface area contributed by atoms with Crippen LogP contribution in [0.15, 0.2) is 17.2 Å². The first-order valence-electron chi connectivity index (χ1n) is 6.64. The molecule has 0 aromatic carbocycles. The number of hydrazine groups is 1. The van der Waals surface area contributed by atoms with E-state index in [1.54, 1.807) is 0 Å². The van der Waals surface area contributed by atoms with E-state index in [1.807, 2.05) is 0 Å².